The Morgan fingerprint density at radius 3 is 3.07 bits per heavy atom. The molecule has 1 N–H and O–H groups in total. The van der Waals surface area contributed by atoms with Gasteiger partial charge in [-0.3, -0.25) is 0 Å². The predicted octanol–water partition coefficient (Wildman–Crippen LogP) is 2.60. The standard InChI is InChI=1S/C13H16N2/c1-15-9-7-10-4-2-5-11(13(10)15)12-6-3-8-14-12/h2,4-5,7,9,12,14H,3,6,8H2,1H3/t12-/m1/s1. The van der Waals surface area contributed by atoms with E-state index in [1.54, 1.807) is 0 Å². The van der Waals surface area contributed by atoms with Crippen molar-refractivity contribution in [3.8, 4) is 0 Å². The molecule has 0 unspecified atom stereocenters. The van der Waals surface area contributed by atoms with Crippen molar-refractivity contribution in [2.24, 2.45) is 7.05 Å². The second kappa shape index (κ2) is 3.38. The molecule has 1 aromatic carbocycles. The third kappa shape index (κ3) is 1.37. The lowest BCUT2D eigenvalue weighted by Crippen LogP contribution is -2.13. The van der Waals surface area contributed by atoms with Gasteiger partial charge in [-0.25, -0.2) is 0 Å². The van der Waals surface area contributed by atoms with Crippen molar-refractivity contribution in [1.82, 2.24) is 9.88 Å². The average molecular weight is 200 g/mol. The summed E-state index contributed by atoms with van der Waals surface area (Å²) in [6, 6.07) is 9.35. The highest BCUT2D eigenvalue weighted by Gasteiger charge is 2.18. The summed E-state index contributed by atoms with van der Waals surface area (Å²) in [5.41, 5.74) is 2.84. The van der Waals surface area contributed by atoms with E-state index in [2.05, 4.69) is 47.4 Å². The molecule has 2 nitrogen and oxygen atoms in total. The molecule has 2 heteroatoms. The van der Waals surface area contributed by atoms with Gasteiger partial charge in [0.1, 0.15) is 0 Å². The van der Waals surface area contributed by atoms with Crippen molar-refractivity contribution in [3.05, 3.63) is 36.0 Å². The maximum Gasteiger partial charge on any atom is 0.0526 e. The van der Waals surface area contributed by atoms with Crippen LogP contribution in [0.1, 0.15) is 24.4 Å². The maximum atomic E-state index is 3.57. The molecule has 15 heavy (non-hydrogen) atoms. The van der Waals surface area contributed by atoms with Gasteiger partial charge in [-0.2, -0.15) is 0 Å². The number of hydrogen-bond donors (Lipinski definition) is 1. The molecule has 0 bridgehead atoms. The maximum absolute atomic E-state index is 3.57. The van der Waals surface area contributed by atoms with Crippen molar-refractivity contribution < 1.29 is 0 Å². The van der Waals surface area contributed by atoms with E-state index in [1.807, 2.05) is 0 Å². The highest BCUT2D eigenvalue weighted by Crippen LogP contribution is 2.29. The van der Waals surface area contributed by atoms with Crippen LogP contribution in [-0.4, -0.2) is 11.1 Å². The van der Waals surface area contributed by atoms with E-state index in [4.69, 9.17) is 0 Å². The summed E-state index contributed by atoms with van der Waals surface area (Å²) < 4.78 is 2.23. The molecule has 3 rings (SSSR count). The van der Waals surface area contributed by atoms with Gasteiger partial charge >= 0.3 is 0 Å². The summed E-state index contributed by atoms with van der Waals surface area (Å²) in [5.74, 6) is 0. The Balaban J connectivity index is 2.19. The molecular formula is C13H16N2. The van der Waals surface area contributed by atoms with Crippen LogP contribution in [-0.2, 0) is 7.05 Å². The number of nitrogens with zero attached hydrogens (tertiary/aromatic N) is 1. The number of para-hydroxylation sites is 1. The lowest BCUT2D eigenvalue weighted by molar-refractivity contribution is 0.649. The molecule has 0 aliphatic carbocycles. The number of rotatable bonds is 1. The Morgan fingerprint density at radius 1 is 1.33 bits per heavy atom. The van der Waals surface area contributed by atoms with Gasteiger partial charge in [0.15, 0.2) is 0 Å². The number of aromatic nitrogens is 1. The summed E-state index contributed by atoms with van der Waals surface area (Å²) >= 11 is 0. The number of hydrogen-bond acceptors (Lipinski definition) is 1. The van der Waals surface area contributed by atoms with Crippen LogP contribution in [0.3, 0.4) is 0 Å². The smallest absolute Gasteiger partial charge is 0.0526 e. The second-order valence-corrected chi connectivity index (χ2v) is 4.36. The fraction of sp³-hybridized carbons (Fsp3) is 0.385. The molecule has 2 aromatic rings. The summed E-state index contributed by atoms with van der Waals surface area (Å²) in [6.45, 7) is 1.16. The van der Waals surface area contributed by atoms with E-state index in [1.165, 1.54) is 29.3 Å². The fourth-order valence-corrected chi connectivity index (χ4v) is 2.62. The normalized spacial score (nSPS) is 21.3. The molecule has 1 saturated heterocycles. The van der Waals surface area contributed by atoms with Crippen molar-refractivity contribution >= 4 is 10.9 Å². The lowest BCUT2D eigenvalue weighted by Gasteiger charge is -2.13. The minimum Gasteiger partial charge on any atom is -0.350 e. The molecule has 1 atom stereocenters. The lowest BCUT2D eigenvalue weighted by atomic mass is 10.0. The van der Waals surface area contributed by atoms with Crippen molar-refractivity contribution in [1.29, 1.82) is 0 Å². The fourth-order valence-electron chi connectivity index (χ4n) is 2.62. The van der Waals surface area contributed by atoms with Gasteiger partial charge in [-0.15, -0.1) is 0 Å². The van der Waals surface area contributed by atoms with Gasteiger partial charge in [0.25, 0.3) is 0 Å². The van der Waals surface area contributed by atoms with E-state index in [0.29, 0.717) is 6.04 Å². The number of fused-ring (bicyclic) bond motifs is 1. The largest absolute Gasteiger partial charge is 0.350 e. The molecule has 0 radical (unpaired) electrons. The van der Waals surface area contributed by atoms with E-state index in [9.17, 15) is 0 Å². The second-order valence-electron chi connectivity index (χ2n) is 4.36. The van der Waals surface area contributed by atoms with Gasteiger partial charge in [0.05, 0.1) is 5.52 Å². The quantitative estimate of drug-likeness (QED) is 0.748. The molecular weight excluding hydrogens is 184 g/mol. The first-order chi connectivity index (χ1) is 7.36. The zero-order valence-electron chi connectivity index (χ0n) is 9.03. The first-order valence-electron chi connectivity index (χ1n) is 5.63. The highest BCUT2D eigenvalue weighted by molar-refractivity contribution is 5.83. The van der Waals surface area contributed by atoms with E-state index < -0.39 is 0 Å². The average Bonchev–Trinajstić information content (AvgIpc) is 2.88. The molecule has 1 aromatic heterocycles. The summed E-state index contributed by atoms with van der Waals surface area (Å²) in [5, 5.41) is 4.92. The molecule has 1 aliphatic heterocycles. The Hall–Kier alpha value is -1.28. The molecule has 1 fully saturated rings. The molecule has 2 heterocycles. The van der Waals surface area contributed by atoms with Crippen LogP contribution in [0, 0.1) is 0 Å². The Labute approximate surface area is 89.9 Å². The molecule has 78 valence electrons. The Kier molecular flexibility index (Phi) is 2.03. The molecule has 0 spiro atoms. The van der Waals surface area contributed by atoms with Crippen LogP contribution in [0.15, 0.2) is 30.5 Å². The van der Waals surface area contributed by atoms with Crippen molar-refractivity contribution in [2.45, 2.75) is 18.9 Å². The van der Waals surface area contributed by atoms with E-state index in [-0.39, 0.29) is 0 Å². The van der Waals surface area contributed by atoms with Crippen LogP contribution >= 0.6 is 0 Å². The zero-order chi connectivity index (χ0) is 10.3. The highest BCUT2D eigenvalue weighted by atomic mass is 15.0. The van der Waals surface area contributed by atoms with E-state index >= 15 is 0 Å². The molecule has 0 amide bonds. The van der Waals surface area contributed by atoms with Crippen LogP contribution < -0.4 is 5.32 Å². The minimum atomic E-state index is 0.558. The topological polar surface area (TPSA) is 17.0 Å². The monoisotopic (exact) mass is 200 g/mol. The Morgan fingerprint density at radius 2 is 2.27 bits per heavy atom. The summed E-state index contributed by atoms with van der Waals surface area (Å²) in [6.07, 6.45) is 4.71. The van der Waals surface area contributed by atoms with Crippen molar-refractivity contribution in [2.75, 3.05) is 6.54 Å². The van der Waals surface area contributed by atoms with Crippen molar-refractivity contribution in [3.63, 3.8) is 0 Å². The number of aryl methyl sites for hydroxylation is 1. The summed E-state index contributed by atoms with van der Waals surface area (Å²) in [4.78, 5) is 0. The minimum absolute atomic E-state index is 0.558. The van der Waals surface area contributed by atoms with Gasteiger partial charge < -0.3 is 9.88 Å². The van der Waals surface area contributed by atoms with Gasteiger partial charge in [-0.05, 0) is 36.4 Å². The Bertz CT molecular complexity index is 478. The van der Waals surface area contributed by atoms with Crippen LogP contribution in [0.4, 0.5) is 0 Å². The predicted molar refractivity (Wildman–Crippen MR) is 62.9 cm³/mol. The number of nitrogens with one attached hydrogen (secondary N) is 1. The van der Waals surface area contributed by atoms with Gasteiger partial charge in [0, 0.05) is 19.3 Å². The van der Waals surface area contributed by atoms with E-state index in [0.717, 1.165) is 6.54 Å². The SMILES string of the molecule is Cn1ccc2cccc([C@H]3CCCN3)c21. The van der Waals surface area contributed by atoms with Crippen LogP contribution in [0.25, 0.3) is 10.9 Å². The zero-order valence-corrected chi connectivity index (χ0v) is 9.03. The number of benzene rings is 1. The third-order valence-corrected chi connectivity index (χ3v) is 3.36. The first-order valence-corrected chi connectivity index (χ1v) is 5.63. The third-order valence-electron chi connectivity index (χ3n) is 3.36. The van der Waals surface area contributed by atoms with Gasteiger partial charge in [0.2, 0.25) is 0 Å². The summed E-state index contributed by atoms with van der Waals surface area (Å²) in [7, 11) is 2.13. The first kappa shape index (κ1) is 8.98. The van der Waals surface area contributed by atoms with Crippen LogP contribution in [0.5, 0.6) is 0 Å². The molecule has 1 aliphatic rings. The van der Waals surface area contributed by atoms with Crippen LogP contribution in [0.2, 0.25) is 0 Å². The molecule has 0 saturated carbocycles. The van der Waals surface area contributed by atoms with Gasteiger partial charge in [-0.1, -0.05) is 18.2 Å².